The third-order valence-electron chi connectivity index (χ3n) is 2.41. The molecule has 0 aliphatic rings. The Morgan fingerprint density at radius 1 is 1.44 bits per heavy atom. The fraction of sp³-hybridized carbons (Fsp3) is 0.182. The summed E-state index contributed by atoms with van der Waals surface area (Å²) in [6.07, 6.45) is 5.04. The largest absolute Gasteiger partial charge is 0.354 e. The van der Waals surface area contributed by atoms with E-state index in [1.54, 1.807) is 6.20 Å². The number of nitrogens with one attached hydrogen (secondary N) is 1. The molecule has 0 aromatic carbocycles. The molecule has 0 amide bonds. The fourth-order valence-corrected chi connectivity index (χ4v) is 2.19. The summed E-state index contributed by atoms with van der Waals surface area (Å²) in [7, 11) is 1.94. The average molecular weight is 309 g/mol. The number of pyridine rings is 1. The molecule has 0 spiro atoms. The van der Waals surface area contributed by atoms with Crippen molar-refractivity contribution in [1.82, 2.24) is 15.0 Å². The van der Waals surface area contributed by atoms with Crippen LogP contribution in [-0.2, 0) is 6.54 Å². The van der Waals surface area contributed by atoms with Crippen LogP contribution in [-0.4, -0.2) is 22.0 Å². The molecule has 3 N–H and O–H groups in total. The Balaban J connectivity index is 2.21. The van der Waals surface area contributed by atoms with Crippen molar-refractivity contribution in [2.75, 3.05) is 17.4 Å². The number of hydrogen-bond donors (Lipinski definition) is 2. The summed E-state index contributed by atoms with van der Waals surface area (Å²) >= 11 is 3.43. The Kier molecular flexibility index (Phi) is 4.06. The van der Waals surface area contributed by atoms with Crippen molar-refractivity contribution in [3.8, 4) is 0 Å². The van der Waals surface area contributed by atoms with Crippen molar-refractivity contribution < 1.29 is 0 Å². The number of nitrogens with zero attached hydrogens (tertiary/aromatic N) is 4. The molecule has 0 radical (unpaired) electrons. The van der Waals surface area contributed by atoms with Crippen molar-refractivity contribution >= 4 is 27.6 Å². The Hall–Kier alpha value is -1.73. The molecule has 0 aliphatic heterocycles. The van der Waals surface area contributed by atoms with E-state index >= 15 is 0 Å². The summed E-state index contributed by atoms with van der Waals surface area (Å²) in [5.41, 5.74) is 3.62. The third-order valence-corrected chi connectivity index (χ3v) is 3.14. The molecule has 7 heteroatoms. The lowest BCUT2D eigenvalue weighted by molar-refractivity contribution is 0.880. The summed E-state index contributed by atoms with van der Waals surface area (Å²) in [6, 6.07) is 3.92. The maximum Gasteiger partial charge on any atom is 0.159 e. The molecule has 0 saturated carbocycles. The van der Waals surface area contributed by atoms with Gasteiger partial charge in [-0.3, -0.25) is 4.98 Å². The van der Waals surface area contributed by atoms with Crippen LogP contribution in [0.4, 0.5) is 11.6 Å². The van der Waals surface area contributed by atoms with Gasteiger partial charge in [-0.1, -0.05) is 6.07 Å². The molecular formula is C11H13BrN6. The molecule has 0 fully saturated rings. The second-order valence-electron chi connectivity index (χ2n) is 3.72. The van der Waals surface area contributed by atoms with E-state index in [0.717, 1.165) is 15.9 Å². The first-order valence-corrected chi connectivity index (χ1v) is 6.09. The number of anilines is 2. The number of halogens is 1. The number of hydrazine groups is 1. The van der Waals surface area contributed by atoms with E-state index in [4.69, 9.17) is 5.84 Å². The molecule has 2 aromatic heterocycles. The lowest BCUT2D eigenvalue weighted by atomic mass is 10.3. The number of aromatic nitrogens is 3. The topological polar surface area (TPSA) is 80.0 Å². The standard InChI is InChI=1S/C11H13BrN6/c1-18(6-8-3-2-4-14-5-8)11-9(12)10(17-13)15-7-16-11/h2-5,7H,6,13H2,1H3,(H,15,16,17). The molecule has 18 heavy (non-hydrogen) atoms. The summed E-state index contributed by atoms with van der Waals surface area (Å²) in [4.78, 5) is 14.3. The van der Waals surface area contributed by atoms with Gasteiger partial charge in [0, 0.05) is 26.0 Å². The quantitative estimate of drug-likeness (QED) is 0.659. The summed E-state index contributed by atoms with van der Waals surface area (Å²) < 4.78 is 0.735. The van der Waals surface area contributed by atoms with Crippen molar-refractivity contribution in [2.24, 2.45) is 5.84 Å². The van der Waals surface area contributed by atoms with Crippen LogP contribution in [0.5, 0.6) is 0 Å². The van der Waals surface area contributed by atoms with E-state index in [2.05, 4.69) is 36.3 Å². The Labute approximate surface area is 113 Å². The van der Waals surface area contributed by atoms with E-state index < -0.39 is 0 Å². The second kappa shape index (κ2) is 5.74. The normalized spacial score (nSPS) is 10.2. The second-order valence-corrected chi connectivity index (χ2v) is 4.51. The summed E-state index contributed by atoms with van der Waals surface area (Å²) in [5, 5.41) is 0. The van der Waals surface area contributed by atoms with E-state index in [1.165, 1.54) is 6.33 Å². The Bertz CT molecular complexity index is 518. The van der Waals surface area contributed by atoms with Gasteiger partial charge in [0.15, 0.2) is 5.82 Å². The van der Waals surface area contributed by atoms with Crippen molar-refractivity contribution in [1.29, 1.82) is 0 Å². The van der Waals surface area contributed by atoms with Crippen molar-refractivity contribution in [2.45, 2.75) is 6.54 Å². The van der Waals surface area contributed by atoms with Gasteiger partial charge in [0.1, 0.15) is 16.6 Å². The van der Waals surface area contributed by atoms with E-state index in [-0.39, 0.29) is 0 Å². The van der Waals surface area contributed by atoms with Crippen LogP contribution in [0.2, 0.25) is 0 Å². The minimum absolute atomic E-state index is 0.554. The number of nitrogens with two attached hydrogens (primary N) is 1. The van der Waals surface area contributed by atoms with Crippen LogP contribution < -0.4 is 16.2 Å². The number of hydrogen-bond acceptors (Lipinski definition) is 6. The van der Waals surface area contributed by atoms with Gasteiger partial charge < -0.3 is 10.3 Å². The molecule has 2 rings (SSSR count). The lowest BCUT2D eigenvalue weighted by Crippen LogP contribution is -2.20. The molecule has 2 heterocycles. The Morgan fingerprint density at radius 3 is 2.94 bits per heavy atom. The summed E-state index contributed by atoms with van der Waals surface area (Å²) in [6.45, 7) is 0.702. The average Bonchev–Trinajstić information content (AvgIpc) is 2.40. The Morgan fingerprint density at radius 2 is 2.28 bits per heavy atom. The lowest BCUT2D eigenvalue weighted by Gasteiger charge is -2.20. The molecule has 2 aromatic rings. The SMILES string of the molecule is CN(Cc1cccnc1)c1ncnc(NN)c1Br. The molecule has 0 atom stereocenters. The molecule has 6 nitrogen and oxygen atoms in total. The van der Waals surface area contributed by atoms with E-state index in [9.17, 15) is 0 Å². The van der Waals surface area contributed by atoms with Crippen LogP contribution in [0.1, 0.15) is 5.56 Å². The molecule has 0 saturated heterocycles. The van der Waals surface area contributed by atoms with Gasteiger partial charge in [-0.15, -0.1) is 0 Å². The maximum absolute atomic E-state index is 5.37. The smallest absolute Gasteiger partial charge is 0.159 e. The van der Waals surface area contributed by atoms with Crippen LogP contribution in [0, 0.1) is 0 Å². The molecule has 0 bridgehead atoms. The van der Waals surface area contributed by atoms with Gasteiger partial charge in [0.05, 0.1) is 0 Å². The zero-order valence-corrected chi connectivity index (χ0v) is 11.4. The minimum atomic E-state index is 0.554. The first kappa shape index (κ1) is 12.7. The number of nitrogen functional groups attached to an aromatic ring is 1. The monoisotopic (exact) mass is 308 g/mol. The van der Waals surface area contributed by atoms with Gasteiger partial charge in [-0.2, -0.15) is 0 Å². The first-order chi connectivity index (χ1) is 8.72. The highest BCUT2D eigenvalue weighted by molar-refractivity contribution is 9.10. The predicted octanol–water partition coefficient (Wildman–Crippen LogP) is 1.56. The van der Waals surface area contributed by atoms with Gasteiger partial charge in [0.25, 0.3) is 0 Å². The molecule has 0 unspecified atom stereocenters. The van der Waals surface area contributed by atoms with Crippen LogP contribution in [0.15, 0.2) is 35.3 Å². The van der Waals surface area contributed by atoms with Crippen LogP contribution >= 0.6 is 15.9 Å². The zero-order valence-electron chi connectivity index (χ0n) is 9.84. The fourth-order valence-electron chi connectivity index (χ4n) is 1.57. The maximum atomic E-state index is 5.37. The third kappa shape index (κ3) is 2.74. The molecular weight excluding hydrogens is 296 g/mol. The number of rotatable bonds is 4. The van der Waals surface area contributed by atoms with Gasteiger partial charge in [-0.05, 0) is 27.6 Å². The first-order valence-electron chi connectivity index (χ1n) is 5.29. The summed E-state index contributed by atoms with van der Waals surface area (Å²) in [5.74, 6) is 6.69. The van der Waals surface area contributed by atoms with Crippen molar-refractivity contribution in [3.05, 3.63) is 40.9 Å². The highest BCUT2D eigenvalue weighted by Crippen LogP contribution is 2.28. The predicted molar refractivity (Wildman–Crippen MR) is 73.9 cm³/mol. The van der Waals surface area contributed by atoms with Crippen LogP contribution in [0.25, 0.3) is 0 Å². The molecule has 0 aliphatic carbocycles. The minimum Gasteiger partial charge on any atom is -0.354 e. The van der Waals surface area contributed by atoms with Crippen molar-refractivity contribution in [3.63, 3.8) is 0 Å². The van der Waals surface area contributed by atoms with Gasteiger partial charge >= 0.3 is 0 Å². The van der Waals surface area contributed by atoms with E-state index in [1.807, 2.05) is 30.3 Å². The highest BCUT2D eigenvalue weighted by atomic mass is 79.9. The zero-order chi connectivity index (χ0) is 13.0. The molecule has 94 valence electrons. The highest BCUT2D eigenvalue weighted by Gasteiger charge is 2.12. The van der Waals surface area contributed by atoms with Gasteiger partial charge in [-0.25, -0.2) is 15.8 Å². The van der Waals surface area contributed by atoms with E-state index in [0.29, 0.717) is 12.4 Å². The van der Waals surface area contributed by atoms with Crippen LogP contribution in [0.3, 0.4) is 0 Å². The van der Waals surface area contributed by atoms with Gasteiger partial charge in [0.2, 0.25) is 0 Å².